The van der Waals surface area contributed by atoms with Gasteiger partial charge in [-0.25, -0.2) is 0 Å². The molecule has 2 atom stereocenters. The molecule has 1 aliphatic heterocycles. The molecular formula is C22H40IN5O. The van der Waals surface area contributed by atoms with E-state index in [1.807, 2.05) is 19.2 Å². The Hall–Kier alpha value is -1.06. The molecule has 29 heavy (non-hydrogen) atoms. The Balaban J connectivity index is 0.00000420. The first-order valence-corrected chi connectivity index (χ1v) is 10.5. The average Bonchev–Trinajstić information content (AvgIpc) is 2.71. The number of likely N-dealkylation sites (N-methyl/N-ethyl adjacent to an activating group) is 1. The fraction of sp³-hybridized carbons (Fsp3) is 0.682. The molecule has 1 saturated heterocycles. The Morgan fingerprint density at radius 2 is 1.97 bits per heavy atom. The van der Waals surface area contributed by atoms with E-state index in [1.54, 1.807) is 7.11 Å². The van der Waals surface area contributed by atoms with Gasteiger partial charge in [-0.1, -0.05) is 18.6 Å². The highest BCUT2D eigenvalue weighted by atomic mass is 127. The number of aliphatic imine (C=N–C) groups is 1. The van der Waals surface area contributed by atoms with Gasteiger partial charge in [0.2, 0.25) is 0 Å². The third-order valence-corrected chi connectivity index (χ3v) is 5.67. The van der Waals surface area contributed by atoms with Crippen LogP contribution in [0.2, 0.25) is 0 Å². The van der Waals surface area contributed by atoms with Crippen molar-refractivity contribution in [2.45, 2.75) is 44.7 Å². The van der Waals surface area contributed by atoms with E-state index in [-0.39, 0.29) is 30.0 Å². The van der Waals surface area contributed by atoms with Crippen molar-refractivity contribution in [3.8, 4) is 5.75 Å². The third-order valence-electron chi connectivity index (χ3n) is 5.67. The third kappa shape index (κ3) is 8.68. The van der Waals surface area contributed by atoms with Gasteiger partial charge in [-0.05, 0) is 64.5 Å². The van der Waals surface area contributed by atoms with Crippen molar-refractivity contribution >= 4 is 29.9 Å². The normalized spacial score (nSPS) is 18.8. The smallest absolute Gasteiger partial charge is 0.191 e. The number of hydrogen-bond donors (Lipinski definition) is 2. The summed E-state index contributed by atoms with van der Waals surface area (Å²) >= 11 is 0. The van der Waals surface area contributed by atoms with Gasteiger partial charge in [0.15, 0.2) is 5.96 Å². The van der Waals surface area contributed by atoms with E-state index in [1.165, 1.54) is 31.4 Å². The van der Waals surface area contributed by atoms with Gasteiger partial charge in [0, 0.05) is 32.7 Å². The molecule has 1 aliphatic rings. The Morgan fingerprint density at radius 3 is 2.55 bits per heavy atom. The molecule has 0 radical (unpaired) electrons. The van der Waals surface area contributed by atoms with E-state index in [9.17, 15) is 0 Å². The maximum absolute atomic E-state index is 5.27. The highest BCUT2D eigenvalue weighted by Gasteiger charge is 2.17. The lowest BCUT2D eigenvalue weighted by molar-refractivity contribution is 0.159. The molecule has 0 amide bonds. The zero-order valence-corrected chi connectivity index (χ0v) is 21.1. The molecule has 0 bridgehead atoms. The second-order valence-electron chi connectivity index (χ2n) is 7.87. The van der Waals surface area contributed by atoms with Gasteiger partial charge in [0.25, 0.3) is 0 Å². The lowest BCUT2D eigenvalue weighted by Gasteiger charge is -2.33. The molecule has 1 aromatic rings. The summed E-state index contributed by atoms with van der Waals surface area (Å²) in [6.07, 6.45) is 5.21. The van der Waals surface area contributed by atoms with Gasteiger partial charge >= 0.3 is 0 Å². The number of guanidine groups is 1. The van der Waals surface area contributed by atoms with E-state index >= 15 is 0 Å². The first-order valence-electron chi connectivity index (χ1n) is 10.5. The first kappa shape index (κ1) is 26.0. The SMILES string of the molecule is CN=C(NCCCN1CCCCC1C)NCC(c1ccc(OC)cc1)N(C)C.I. The second-order valence-corrected chi connectivity index (χ2v) is 7.87. The monoisotopic (exact) mass is 517 g/mol. The lowest BCUT2D eigenvalue weighted by atomic mass is 10.0. The molecule has 0 aromatic heterocycles. The fourth-order valence-corrected chi connectivity index (χ4v) is 3.82. The molecule has 2 rings (SSSR count). The quantitative estimate of drug-likeness (QED) is 0.228. The summed E-state index contributed by atoms with van der Waals surface area (Å²) in [6, 6.07) is 9.28. The van der Waals surface area contributed by atoms with Gasteiger partial charge in [-0.15, -0.1) is 24.0 Å². The zero-order chi connectivity index (χ0) is 20.4. The minimum absolute atomic E-state index is 0. The summed E-state index contributed by atoms with van der Waals surface area (Å²) in [5, 5.41) is 6.94. The summed E-state index contributed by atoms with van der Waals surface area (Å²) < 4.78 is 5.27. The summed E-state index contributed by atoms with van der Waals surface area (Å²) in [6.45, 7) is 6.51. The second kappa shape index (κ2) is 14.0. The predicted octanol–water partition coefficient (Wildman–Crippen LogP) is 3.35. The lowest BCUT2D eigenvalue weighted by Crippen LogP contribution is -2.43. The highest BCUT2D eigenvalue weighted by Crippen LogP contribution is 2.20. The van der Waals surface area contributed by atoms with Gasteiger partial charge in [0.1, 0.15) is 5.75 Å². The molecule has 1 heterocycles. The summed E-state index contributed by atoms with van der Waals surface area (Å²) in [7, 11) is 7.74. The van der Waals surface area contributed by atoms with E-state index in [0.717, 1.165) is 43.8 Å². The van der Waals surface area contributed by atoms with Crippen LogP contribution in [0.4, 0.5) is 0 Å². The molecule has 6 nitrogen and oxygen atoms in total. The Labute approximate surface area is 194 Å². The van der Waals surface area contributed by atoms with Crippen molar-refractivity contribution in [1.29, 1.82) is 0 Å². The maximum Gasteiger partial charge on any atom is 0.191 e. The Morgan fingerprint density at radius 1 is 1.24 bits per heavy atom. The fourth-order valence-electron chi connectivity index (χ4n) is 3.82. The van der Waals surface area contributed by atoms with Gasteiger partial charge < -0.3 is 25.2 Å². The van der Waals surface area contributed by atoms with Gasteiger partial charge in [-0.3, -0.25) is 4.99 Å². The molecule has 0 aliphatic carbocycles. The number of likely N-dealkylation sites (tertiary alicyclic amines) is 1. The van der Waals surface area contributed by atoms with E-state index in [0.29, 0.717) is 0 Å². The van der Waals surface area contributed by atoms with Gasteiger partial charge in [0.05, 0.1) is 13.2 Å². The number of nitrogens with zero attached hydrogens (tertiary/aromatic N) is 3. The van der Waals surface area contributed by atoms with Crippen LogP contribution >= 0.6 is 24.0 Å². The van der Waals surface area contributed by atoms with Crippen LogP contribution in [0.1, 0.15) is 44.2 Å². The molecule has 0 saturated carbocycles. The number of piperidine rings is 1. The van der Waals surface area contributed by atoms with Crippen molar-refractivity contribution in [3.63, 3.8) is 0 Å². The number of ether oxygens (including phenoxy) is 1. The Kier molecular flexibility index (Phi) is 12.6. The maximum atomic E-state index is 5.27. The number of benzene rings is 1. The minimum Gasteiger partial charge on any atom is -0.497 e. The number of hydrogen-bond acceptors (Lipinski definition) is 4. The number of rotatable bonds is 9. The summed E-state index contributed by atoms with van der Waals surface area (Å²) in [5.41, 5.74) is 1.26. The predicted molar refractivity (Wildman–Crippen MR) is 134 cm³/mol. The minimum atomic E-state index is 0. The van der Waals surface area contributed by atoms with Crippen molar-refractivity contribution in [2.24, 2.45) is 4.99 Å². The van der Waals surface area contributed by atoms with Crippen LogP contribution in [-0.2, 0) is 0 Å². The number of halogens is 1. The molecule has 2 N–H and O–H groups in total. The standard InChI is InChI=1S/C22H39N5O.HI/c1-18-9-6-7-15-27(18)16-8-14-24-22(23-2)25-17-21(26(3)4)19-10-12-20(28-5)13-11-19;/h10-13,18,21H,6-9,14-17H2,1-5H3,(H2,23,24,25);1H. The number of nitrogens with one attached hydrogen (secondary N) is 2. The first-order chi connectivity index (χ1) is 13.5. The van der Waals surface area contributed by atoms with E-state index in [2.05, 4.69) is 58.6 Å². The molecule has 1 fully saturated rings. The van der Waals surface area contributed by atoms with E-state index in [4.69, 9.17) is 4.74 Å². The highest BCUT2D eigenvalue weighted by molar-refractivity contribution is 14.0. The number of methoxy groups -OCH3 is 1. The largest absolute Gasteiger partial charge is 0.497 e. The van der Waals surface area contributed by atoms with Gasteiger partial charge in [-0.2, -0.15) is 0 Å². The molecule has 7 heteroatoms. The van der Waals surface area contributed by atoms with Crippen molar-refractivity contribution in [2.75, 3.05) is 54.4 Å². The van der Waals surface area contributed by atoms with Crippen LogP contribution in [0.5, 0.6) is 5.75 Å². The summed E-state index contributed by atoms with van der Waals surface area (Å²) in [5.74, 6) is 1.75. The van der Waals surface area contributed by atoms with Crippen LogP contribution in [0.25, 0.3) is 0 Å². The molecule has 0 spiro atoms. The summed E-state index contributed by atoms with van der Waals surface area (Å²) in [4.78, 5) is 9.22. The topological polar surface area (TPSA) is 52.1 Å². The average molecular weight is 518 g/mol. The van der Waals surface area contributed by atoms with E-state index < -0.39 is 0 Å². The van der Waals surface area contributed by atoms with Crippen LogP contribution < -0.4 is 15.4 Å². The van der Waals surface area contributed by atoms with Crippen molar-refractivity contribution < 1.29 is 4.74 Å². The van der Waals surface area contributed by atoms with Crippen LogP contribution in [0, 0.1) is 0 Å². The van der Waals surface area contributed by atoms with Crippen molar-refractivity contribution in [1.82, 2.24) is 20.4 Å². The van der Waals surface area contributed by atoms with Crippen LogP contribution in [0.3, 0.4) is 0 Å². The van der Waals surface area contributed by atoms with Crippen molar-refractivity contribution in [3.05, 3.63) is 29.8 Å². The van der Waals surface area contributed by atoms with Crippen LogP contribution in [-0.4, -0.2) is 76.2 Å². The molecule has 166 valence electrons. The molecule has 1 aromatic carbocycles. The molecular weight excluding hydrogens is 477 g/mol. The zero-order valence-electron chi connectivity index (χ0n) is 18.8. The van der Waals surface area contributed by atoms with Crippen LogP contribution in [0.15, 0.2) is 29.3 Å². The molecule has 2 unspecified atom stereocenters. The Bertz CT molecular complexity index is 593.